The molecule has 0 aliphatic carbocycles. The third-order valence-electron chi connectivity index (χ3n) is 4.44. The lowest BCUT2D eigenvalue weighted by molar-refractivity contribution is -0.115. The summed E-state index contributed by atoms with van der Waals surface area (Å²) in [5.74, 6) is -0.175. The Kier molecular flexibility index (Phi) is 5.17. The van der Waals surface area contributed by atoms with E-state index in [2.05, 4.69) is 10.3 Å². The molecule has 4 aromatic rings. The van der Waals surface area contributed by atoms with Gasteiger partial charge < -0.3 is 5.32 Å². The van der Waals surface area contributed by atoms with Crippen LogP contribution in [0.3, 0.4) is 0 Å². The molecule has 0 spiro atoms. The fraction of sp³-hybridized carbons (Fsp3) is 0.0909. The highest BCUT2D eigenvalue weighted by atomic mass is 32.2. The zero-order valence-corrected chi connectivity index (χ0v) is 17.3. The van der Waals surface area contributed by atoms with Gasteiger partial charge in [0.2, 0.25) is 5.91 Å². The van der Waals surface area contributed by atoms with Crippen LogP contribution in [0.4, 0.5) is 5.69 Å². The Morgan fingerprint density at radius 3 is 2.38 bits per heavy atom. The summed E-state index contributed by atoms with van der Waals surface area (Å²) >= 11 is 1.58. The van der Waals surface area contributed by atoms with Crippen molar-refractivity contribution < 1.29 is 13.2 Å². The van der Waals surface area contributed by atoms with Crippen LogP contribution in [0.2, 0.25) is 0 Å². The summed E-state index contributed by atoms with van der Waals surface area (Å²) in [7, 11) is -3.25. The molecule has 1 amide bonds. The number of para-hydroxylation sites is 2. The molecule has 146 valence electrons. The molecule has 0 bridgehead atoms. The number of fused-ring (bicyclic) bond motifs is 1. The van der Waals surface area contributed by atoms with Gasteiger partial charge in [0.15, 0.2) is 9.84 Å². The number of thiazole rings is 1. The second kappa shape index (κ2) is 7.77. The van der Waals surface area contributed by atoms with Crippen LogP contribution in [-0.4, -0.2) is 25.6 Å². The van der Waals surface area contributed by atoms with Crippen molar-refractivity contribution >= 4 is 43.0 Å². The monoisotopic (exact) mass is 422 g/mol. The predicted octanol–water partition coefficient (Wildman–Crippen LogP) is 4.55. The van der Waals surface area contributed by atoms with Gasteiger partial charge in [-0.05, 0) is 42.0 Å². The van der Waals surface area contributed by atoms with E-state index >= 15 is 0 Å². The maximum Gasteiger partial charge on any atom is 0.228 e. The highest BCUT2D eigenvalue weighted by Crippen LogP contribution is 2.34. The number of rotatable bonds is 5. The molecule has 0 aliphatic heterocycles. The van der Waals surface area contributed by atoms with E-state index in [4.69, 9.17) is 0 Å². The third-order valence-corrected chi connectivity index (χ3v) is 6.64. The number of hydrogen-bond donors (Lipinski definition) is 1. The van der Waals surface area contributed by atoms with E-state index in [9.17, 15) is 13.2 Å². The Morgan fingerprint density at radius 1 is 0.966 bits per heavy atom. The summed E-state index contributed by atoms with van der Waals surface area (Å²) in [6.45, 7) is 0. The maximum absolute atomic E-state index is 12.6. The van der Waals surface area contributed by atoms with Gasteiger partial charge in [0.05, 0.1) is 27.2 Å². The minimum absolute atomic E-state index is 0.151. The molecule has 1 aromatic heterocycles. The molecule has 1 N–H and O–H groups in total. The van der Waals surface area contributed by atoms with Crippen LogP contribution in [-0.2, 0) is 21.1 Å². The van der Waals surface area contributed by atoms with Gasteiger partial charge in [0, 0.05) is 11.8 Å². The normalized spacial score (nSPS) is 11.5. The van der Waals surface area contributed by atoms with E-state index in [-0.39, 0.29) is 17.2 Å². The molecule has 0 atom stereocenters. The number of anilines is 1. The van der Waals surface area contributed by atoms with Gasteiger partial charge in [-0.2, -0.15) is 0 Å². The summed E-state index contributed by atoms with van der Waals surface area (Å²) in [4.78, 5) is 17.5. The quantitative estimate of drug-likeness (QED) is 0.512. The van der Waals surface area contributed by atoms with Gasteiger partial charge >= 0.3 is 0 Å². The van der Waals surface area contributed by atoms with Crippen molar-refractivity contribution in [2.45, 2.75) is 11.3 Å². The standard InChI is InChI=1S/C22H18N2O3S2/c1-29(26,27)16-12-10-15(11-13-16)14-21(25)23-18-7-3-2-6-17(18)22-24-19-8-4-5-9-20(19)28-22/h2-13H,14H2,1H3,(H,23,25). The number of nitrogens with one attached hydrogen (secondary N) is 1. The van der Waals surface area contributed by atoms with Crippen LogP contribution < -0.4 is 5.32 Å². The number of benzene rings is 3. The molecule has 0 aliphatic rings. The lowest BCUT2D eigenvalue weighted by Crippen LogP contribution is -2.15. The van der Waals surface area contributed by atoms with Crippen molar-refractivity contribution in [3.63, 3.8) is 0 Å². The summed E-state index contributed by atoms with van der Waals surface area (Å²) in [6.07, 6.45) is 1.31. The first kappa shape index (κ1) is 19.3. The maximum atomic E-state index is 12.6. The summed E-state index contributed by atoms with van der Waals surface area (Å²) in [5, 5.41) is 3.80. The first-order chi connectivity index (χ1) is 13.9. The summed E-state index contributed by atoms with van der Waals surface area (Å²) in [5.41, 5.74) is 3.24. The smallest absolute Gasteiger partial charge is 0.228 e. The van der Waals surface area contributed by atoms with E-state index in [0.717, 1.165) is 32.6 Å². The lowest BCUT2D eigenvalue weighted by Gasteiger charge is -2.09. The van der Waals surface area contributed by atoms with Gasteiger partial charge in [0.1, 0.15) is 5.01 Å². The summed E-state index contributed by atoms with van der Waals surface area (Å²) < 4.78 is 24.2. The highest BCUT2D eigenvalue weighted by Gasteiger charge is 2.13. The van der Waals surface area contributed by atoms with Crippen LogP contribution in [0.1, 0.15) is 5.56 Å². The van der Waals surface area contributed by atoms with Crippen LogP contribution in [0.25, 0.3) is 20.8 Å². The Labute approximate surface area is 173 Å². The topological polar surface area (TPSA) is 76.1 Å². The first-order valence-corrected chi connectivity index (χ1v) is 11.6. The molecule has 0 saturated carbocycles. The van der Waals surface area contributed by atoms with E-state index < -0.39 is 9.84 Å². The van der Waals surface area contributed by atoms with Crippen molar-refractivity contribution in [3.05, 3.63) is 78.4 Å². The zero-order chi connectivity index (χ0) is 20.4. The number of sulfone groups is 1. The zero-order valence-electron chi connectivity index (χ0n) is 15.6. The molecule has 29 heavy (non-hydrogen) atoms. The second-order valence-electron chi connectivity index (χ2n) is 6.67. The van der Waals surface area contributed by atoms with Crippen molar-refractivity contribution in [2.75, 3.05) is 11.6 Å². The highest BCUT2D eigenvalue weighted by molar-refractivity contribution is 7.90. The molecule has 0 unspecified atom stereocenters. The largest absolute Gasteiger partial charge is 0.325 e. The van der Waals surface area contributed by atoms with Gasteiger partial charge in [-0.25, -0.2) is 13.4 Å². The molecular weight excluding hydrogens is 404 g/mol. The fourth-order valence-corrected chi connectivity index (χ4v) is 4.64. The number of amides is 1. The molecule has 7 heteroatoms. The van der Waals surface area contributed by atoms with E-state index in [1.165, 1.54) is 12.1 Å². The van der Waals surface area contributed by atoms with Gasteiger partial charge in [-0.15, -0.1) is 11.3 Å². The number of nitrogens with zero attached hydrogens (tertiary/aromatic N) is 1. The second-order valence-corrected chi connectivity index (χ2v) is 9.72. The summed E-state index contributed by atoms with van der Waals surface area (Å²) in [6, 6.07) is 21.9. The van der Waals surface area contributed by atoms with Crippen LogP contribution in [0, 0.1) is 0 Å². The third kappa shape index (κ3) is 4.36. The van der Waals surface area contributed by atoms with Crippen LogP contribution in [0.15, 0.2) is 77.7 Å². The van der Waals surface area contributed by atoms with Gasteiger partial charge in [0.25, 0.3) is 0 Å². The van der Waals surface area contributed by atoms with Crippen LogP contribution >= 0.6 is 11.3 Å². The first-order valence-electron chi connectivity index (χ1n) is 8.94. The fourth-order valence-electron chi connectivity index (χ4n) is 3.00. The van der Waals surface area contributed by atoms with Gasteiger partial charge in [-0.3, -0.25) is 4.79 Å². The Bertz CT molecular complexity index is 1260. The molecule has 4 rings (SSSR count). The van der Waals surface area contributed by atoms with Gasteiger partial charge in [-0.1, -0.05) is 36.4 Å². The van der Waals surface area contributed by atoms with Crippen molar-refractivity contribution in [2.24, 2.45) is 0 Å². The predicted molar refractivity (Wildman–Crippen MR) is 117 cm³/mol. The van der Waals surface area contributed by atoms with E-state index in [0.29, 0.717) is 5.69 Å². The molecule has 0 radical (unpaired) electrons. The minimum Gasteiger partial charge on any atom is -0.325 e. The van der Waals surface area contributed by atoms with E-state index in [1.54, 1.807) is 23.5 Å². The molecule has 0 saturated heterocycles. The average Bonchev–Trinajstić information content (AvgIpc) is 3.12. The SMILES string of the molecule is CS(=O)(=O)c1ccc(CC(=O)Nc2ccccc2-c2nc3ccccc3s2)cc1. The molecule has 0 fully saturated rings. The molecule has 5 nitrogen and oxygen atoms in total. The molecule has 3 aromatic carbocycles. The Morgan fingerprint density at radius 2 is 1.66 bits per heavy atom. The van der Waals surface area contributed by atoms with Crippen molar-refractivity contribution in [1.82, 2.24) is 4.98 Å². The number of carbonyl (C=O) groups excluding carboxylic acids is 1. The molecule has 1 heterocycles. The van der Waals surface area contributed by atoms with Crippen molar-refractivity contribution in [3.8, 4) is 10.6 Å². The number of carbonyl (C=O) groups is 1. The van der Waals surface area contributed by atoms with E-state index in [1.807, 2.05) is 48.5 Å². The Balaban J connectivity index is 1.54. The minimum atomic E-state index is -3.25. The van der Waals surface area contributed by atoms with Crippen molar-refractivity contribution in [1.29, 1.82) is 0 Å². The lowest BCUT2D eigenvalue weighted by atomic mass is 10.1. The number of hydrogen-bond acceptors (Lipinski definition) is 5. The Hall–Kier alpha value is -3.03. The van der Waals surface area contributed by atoms with Crippen LogP contribution in [0.5, 0.6) is 0 Å². The molecular formula is C22H18N2O3S2. The average molecular weight is 423 g/mol. The number of aromatic nitrogens is 1.